The summed E-state index contributed by atoms with van der Waals surface area (Å²) in [4.78, 5) is 27.6. The molecule has 1 fully saturated rings. The van der Waals surface area contributed by atoms with E-state index in [0.29, 0.717) is 29.4 Å². The van der Waals surface area contributed by atoms with E-state index in [0.717, 1.165) is 18.8 Å². The third kappa shape index (κ3) is 4.22. The smallest absolute Gasteiger partial charge is 0.316 e. The summed E-state index contributed by atoms with van der Waals surface area (Å²) < 4.78 is 0. The lowest BCUT2D eigenvalue weighted by Crippen LogP contribution is -2.48. The Bertz CT molecular complexity index is 788. The molecule has 1 aliphatic heterocycles. The molecule has 1 aliphatic rings. The fraction of sp³-hybridized carbons (Fsp3) is 0.222. The average Bonchev–Trinajstić information content (AvgIpc) is 2.61. The van der Waals surface area contributed by atoms with Crippen LogP contribution in [0.15, 0.2) is 48.5 Å². The molecule has 1 heterocycles. The predicted molar refractivity (Wildman–Crippen MR) is 99.2 cm³/mol. The Hall–Kier alpha value is -2.73. The number of carbonyl (C=O) groups is 2. The first-order valence-corrected chi connectivity index (χ1v) is 8.37. The Balaban J connectivity index is 1.64. The summed E-state index contributed by atoms with van der Waals surface area (Å²) >= 11 is 6.04. The minimum absolute atomic E-state index is 0.0566. The van der Waals surface area contributed by atoms with E-state index in [9.17, 15) is 9.59 Å². The number of piperazine rings is 1. The second-order valence-electron chi connectivity index (χ2n) is 5.83. The summed E-state index contributed by atoms with van der Waals surface area (Å²) in [7, 11) is 0. The first-order valence-electron chi connectivity index (χ1n) is 7.99. The van der Waals surface area contributed by atoms with E-state index in [-0.39, 0.29) is 5.91 Å². The van der Waals surface area contributed by atoms with Crippen LogP contribution < -0.4 is 16.0 Å². The lowest BCUT2D eigenvalue weighted by molar-refractivity contribution is 0.0747. The molecule has 0 saturated carbocycles. The second kappa shape index (κ2) is 7.44. The van der Waals surface area contributed by atoms with Gasteiger partial charge in [0, 0.05) is 48.1 Å². The standard InChI is InChI=1S/C18H19ClN4O2/c19-14-4-2-6-16(12-14)22-7-9-23(10-8-22)17(24)13-3-1-5-15(11-13)21-18(20)25/h1-6,11-12H,7-10H2,(H3,20,21,25). The number of nitrogens with zero attached hydrogens (tertiary/aromatic N) is 2. The van der Waals surface area contributed by atoms with Gasteiger partial charge in [-0.05, 0) is 36.4 Å². The number of benzene rings is 2. The lowest BCUT2D eigenvalue weighted by atomic mass is 10.1. The molecule has 0 aliphatic carbocycles. The summed E-state index contributed by atoms with van der Waals surface area (Å²) in [6, 6.07) is 13.8. The Morgan fingerprint density at radius 2 is 1.72 bits per heavy atom. The normalized spacial score (nSPS) is 14.3. The molecule has 2 aromatic rings. The summed E-state index contributed by atoms with van der Waals surface area (Å²) in [6.07, 6.45) is 0. The van der Waals surface area contributed by atoms with Crippen molar-refractivity contribution in [1.29, 1.82) is 0 Å². The fourth-order valence-electron chi connectivity index (χ4n) is 2.90. The molecule has 2 aromatic carbocycles. The fourth-order valence-corrected chi connectivity index (χ4v) is 3.08. The number of amides is 3. The Labute approximate surface area is 151 Å². The highest BCUT2D eigenvalue weighted by Gasteiger charge is 2.22. The average molecular weight is 359 g/mol. The van der Waals surface area contributed by atoms with Crippen LogP contribution in [0.3, 0.4) is 0 Å². The zero-order chi connectivity index (χ0) is 17.8. The number of halogens is 1. The third-order valence-corrected chi connectivity index (χ3v) is 4.35. The number of urea groups is 1. The molecule has 3 amide bonds. The van der Waals surface area contributed by atoms with Gasteiger partial charge in [-0.25, -0.2) is 4.79 Å². The van der Waals surface area contributed by atoms with E-state index in [4.69, 9.17) is 17.3 Å². The summed E-state index contributed by atoms with van der Waals surface area (Å²) in [5, 5.41) is 3.19. The largest absolute Gasteiger partial charge is 0.368 e. The van der Waals surface area contributed by atoms with Crippen molar-refractivity contribution in [3.8, 4) is 0 Å². The van der Waals surface area contributed by atoms with Crippen molar-refractivity contribution < 1.29 is 9.59 Å². The van der Waals surface area contributed by atoms with Gasteiger partial charge in [0.2, 0.25) is 0 Å². The monoisotopic (exact) mass is 358 g/mol. The van der Waals surface area contributed by atoms with Gasteiger partial charge in [0.05, 0.1) is 0 Å². The highest BCUT2D eigenvalue weighted by atomic mass is 35.5. The van der Waals surface area contributed by atoms with Gasteiger partial charge in [0.15, 0.2) is 0 Å². The number of rotatable bonds is 3. The van der Waals surface area contributed by atoms with Crippen LogP contribution in [0.25, 0.3) is 0 Å². The first-order chi connectivity index (χ1) is 12.0. The molecule has 3 rings (SSSR count). The maximum atomic E-state index is 12.7. The molecule has 0 spiro atoms. The van der Waals surface area contributed by atoms with Gasteiger partial charge in [-0.3, -0.25) is 4.79 Å². The lowest BCUT2D eigenvalue weighted by Gasteiger charge is -2.36. The van der Waals surface area contributed by atoms with Crippen molar-refractivity contribution >= 4 is 34.9 Å². The Morgan fingerprint density at radius 3 is 2.40 bits per heavy atom. The van der Waals surface area contributed by atoms with Crippen molar-refractivity contribution in [2.24, 2.45) is 5.73 Å². The number of primary amides is 1. The molecule has 1 saturated heterocycles. The first kappa shape index (κ1) is 17.1. The molecule has 6 nitrogen and oxygen atoms in total. The van der Waals surface area contributed by atoms with Crippen LogP contribution in [0.1, 0.15) is 10.4 Å². The highest BCUT2D eigenvalue weighted by Crippen LogP contribution is 2.21. The SMILES string of the molecule is NC(=O)Nc1cccc(C(=O)N2CCN(c3cccc(Cl)c3)CC2)c1. The third-order valence-electron chi connectivity index (χ3n) is 4.12. The van der Waals surface area contributed by atoms with Gasteiger partial charge in [-0.15, -0.1) is 0 Å². The van der Waals surface area contributed by atoms with Crippen molar-refractivity contribution in [3.63, 3.8) is 0 Å². The van der Waals surface area contributed by atoms with Gasteiger partial charge in [-0.1, -0.05) is 23.7 Å². The minimum Gasteiger partial charge on any atom is -0.368 e. The number of carbonyl (C=O) groups excluding carboxylic acids is 2. The van der Waals surface area contributed by atoms with E-state index in [2.05, 4.69) is 10.2 Å². The van der Waals surface area contributed by atoms with Gasteiger partial charge in [0.1, 0.15) is 0 Å². The number of nitrogens with one attached hydrogen (secondary N) is 1. The number of hydrogen-bond donors (Lipinski definition) is 2. The van der Waals surface area contributed by atoms with Crippen LogP contribution >= 0.6 is 11.6 Å². The van der Waals surface area contributed by atoms with E-state index < -0.39 is 6.03 Å². The van der Waals surface area contributed by atoms with Gasteiger partial charge in [0.25, 0.3) is 5.91 Å². The zero-order valence-electron chi connectivity index (χ0n) is 13.6. The summed E-state index contributed by atoms with van der Waals surface area (Å²) in [5.74, 6) is -0.0566. The maximum absolute atomic E-state index is 12.7. The van der Waals surface area contributed by atoms with Crippen LogP contribution in [0, 0.1) is 0 Å². The van der Waals surface area contributed by atoms with Crippen LogP contribution in [0.2, 0.25) is 5.02 Å². The molecule has 0 radical (unpaired) electrons. The van der Waals surface area contributed by atoms with Crippen LogP contribution in [-0.2, 0) is 0 Å². The Morgan fingerprint density at radius 1 is 1.00 bits per heavy atom. The number of anilines is 2. The van der Waals surface area contributed by atoms with Crippen molar-refractivity contribution in [3.05, 3.63) is 59.1 Å². The van der Waals surface area contributed by atoms with Crippen molar-refractivity contribution in [2.45, 2.75) is 0 Å². The second-order valence-corrected chi connectivity index (χ2v) is 6.27. The van der Waals surface area contributed by atoms with Gasteiger partial charge in [-0.2, -0.15) is 0 Å². The molecule has 0 bridgehead atoms. The van der Waals surface area contributed by atoms with E-state index in [1.54, 1.807) is 24.3 Å². The zero-order valence-corrected chi connectivity index (χ0v) is 14.4. The van der Waals surface area contributed by atoms with Gasteiger partial charge >= 0.3 is 6.03 Å². The van der Waals surface area contributed by atoms with E-state index in [1.807, 2.05) is 29.2 Å². The number of nitrogens with two attached hydrogens (primary N) is 1. The van der Waals surface area contributed by atoms with Crippen molar-refractivity contribution in [2.75, 3.05) is 36.4 Å². The van der Waals surface area contributed by atoms with Gasteiger partial charge < -0.3 is 20.9 Å². The molecule has 3 N–H and O–H groups in total. The molecular formula is C18H19ClN4O2. The van der Waals surface area contributed by atoms with Crippen LogP contribution in [0.5, 0.6) is 0 Å². The molecule has 0 atom stereocenters. The minimum atomic E-state index is -0.653. The molecule has 25 heavy (non-hydrogen) atoms. The van der Waals surface area contributed by atoms with Crippen LogP contribution in [0.4, 0.5) is 16.2 Å². The molecule has 0 unspecified atom stereocenters. The summed E-state index contributed by atoms with van der Waals surface area (Å²) in [6.45, 7) is 2.73. The maximum Gasteiger partial charge on any atom is 0.316 e. The van der Waals surface area contributed by atoms with E-state index >= 15 is 0 Å². The Kier molecular flexibility index (Phi) is 5.09. The van der Waals surface area contributed by atoms with Crippen molar-refractivity contribution in [1.82, 2.24) is 4.90 Å². The highest BCUT2D eigenvalue weighted by molar-refractivity contribution is 6.30. The predicted octanol–water partition coefficient (Wildman–Crippen LogP) is 2.79. The quantitative estimate of drug-likeness (QED) is 0.885. The van der Waals surface area contributed by atoms with Crippen LogP contribution in [-0.4, -0.2) is 43.0 Å². The van der Waals surface area contributed by atoms with E-state index in [1.165, 1.54) is 0 Å². The molecule has 130 valence electrons. The molecule has 0 aromatic heterocycles. The molecular weight excluding hydrogens is 340 g/mol. The summed E-state index contributed by atoms with van der Waals surface area (Å²) in [5.41, 5.74) is 7.22. The number of hydrogen-bond acceptors (Lipinski definition) is 3. The topological polar surface area (TPSA) is 78.7 Å². The molecule has 7 heteroatoms.